The molecule has 0 spiro atoms. The fraction of sp³-hybridized carbons (Fsp3) is 0.857. The van der Waals surface area contributed by atoms with Crippen LogP contribution in [0, 0.1) is 23.7 Å². The number of hydrogen-bond acceptors (Lipinski definition) is 0. The van der Waals surface area contributed by atoms with Crippen molar-refractivity contribution in [3.05, 3.63) is 12.2 Å². The summed E-state index contributed by atoms with van der Waals surface area (Å²) in [5, 5.41) is 0. The molecule has 0 amide bonds. The van der Waals surface area contributed by atoms with E-state index in [9.17, 15) is 17.6 Å². The number of alkyl halides is 4. The molecule has 0 saturated heterocycles. The van der Waals surface area contributed by atoms with Crippen molar-refractivity contribution >= 4 is 0 Å². The maximum Gasteiger partial charge on any atom is 0.192 e. The summed E-state index contributed by atoms with van der Waals surface area (Å²) in [5.41, 5.74) is -10.3. The Bertz CT molecular complexity index is 460. The Hall–Kier alpha value is -0.540. The van der Waals surface area contributed by atoms with Gasteiger partial charge in [0, 0.05) is 23.7 Å². The van der Waals surface area contributed by atoms with Crippen molar-refractivity contribution in [1.29, 1.82) is 0 Å². The number of fused-ring (bicyclic) bond motifs is 10. The second kappa shape index (κ2) is 2.29. The maximum absolute atomic E-state index is 15.0. The monoisotopic (exact) mass is 258 g/mol. The van der Waals surface area contributed by atoms with Crippen molar-refractivity contribution in [3.63, 3.8) is 0 Å². The van der Waals surface area contributed by atoms with E-state index in [0.717, 1.165) is 12.8 Å². The second-order valence-electron chi connectivity index (χ2n) is 6.78. The molecule has 0 aromatic heterocycles. The summed E-state index contributed by atoms with van der Waals surface area (Å²) >= 11 is 0. The van der Waals surface area contributed by atoms with Gasteiger partial charge in [0.1, 0.15) is 0 Å². The molecule has 4 heteroatoms. The number of hydrogen-bond donors (Lipinski definition) is 0. The first kappa shape index (κ1) is 10.3. The van der Waals surface area contributed by atoms with Crippen LogP contribution in [-0.4, -0.2) is 22.7 Å². The molecule has 0 nitrogen and oxygen atoms in total. The van der Waals surface area contributed by atoms with Crippen LogP contribution < -0.4 is 0 Å². The van der Waals surface area contributed by atoms with Gasteiger partial charge in [0.05, 0.1) is 0 Å². The summed E-state index contributed by atoms with van der Waals surface area (Å²) in [5.74, 6) is -2.64. The van der Waals surface area contributed by atoms with Gasteiger partial charge in [-0.15, -0.1) is 0 Å². The Morgan fingerprint density at radius 1 is 0.667 bits per heavy atom. The minimum absolute atomic E-state index is 0.510. The summed E-state index contributed by atoms with van der Waals surface area (Å²) in [6.07, 6.45) is 5.66. The number of allylic oxidation sites excluding steroid dienone is 2. The van der Waals surface area contributed by atoms with E-state index in [1.807, 2.05) is 0 Å². The highest BCUT2D eigenvalue weighted by Gasteiger charge is 3.10. The minimum atomic E-state index is -2.58. The minimum Gasteiger partial charge on any atom is -0.236 e. The van der Waals surface area contributed by atoms with E-state index >= 15 is 0 Å². The normalized spacial score (nSPS) is 74.4. The molecule has 98 valence electrons. The first-order valence-electron chi connectivity index (χ1n) is 6.89. The summed E-state index contributed by atoms with van der Waals surface area (Å²) in [7, 11) is 0. The molecule has 0 N–H and O–H groups in total. The lowest BCUT2D eigenvalue weighted by Crippen LogP contribution is -3.08. The van der Waals surface area contributed by atoms with Crippen LogP contribution in [0.15, 0.2) is 12.2 Å². The SMILES string of the molecule is F[C@]12[C@@H]3C=C[C@@H]3[C@@]1(F)[C@]1(F)[C@H]3CCCC[C@H]3[C@]21F. The van der Waals surface area contributed by atoms with Gasteiger partial charge in [-0.1, -0.05) is 25.0 Å². The fourth-order valence-corrected chi connectivity index (χ4v) is 6.03. The molecule has 0 aromatic carbocycles. The summed E-state index contributed by atoms with van der Waals surface area (Å²) in [6, 6.07) is 0. The predicted octanol–water partition coefficient (Wildman–Crippen LogP) is 3.47. The van der Waals surface area contributed by atoms with E-state index in [-0.39, 0.29) is 0 Å². The highest BCUT2D eigenvalue weighted by Crippen LogP contribution is 2.91. The van der Waals surface area contributed by atoms with E-state index in [1.54, 1.807) is 0 Å². The van der Waals surface area contributed by atoms with Crippen LogP contribution in [0.4, 0.5) is 17.6 Å². The van der Waals surface area contributed by atoms with Gasteiger partial charge in [0.15, 0.2) is 22.7 Å². The van der Waals surface area contributed by atoms with Crippen LogP contribution in [0.25, 0.3) is 0 Å². The molecule has 8 atom stereocenters. The molecule has 0 aromatic rings. The molecule has 0 bridgehead atoms. The molecule has 4 fully saturated rings. The molecular weight excluding hydrogens is 244 g/mol. The van der Waals surface area contributed by atoms with Crippen molar-refractivity contribution in [1.82, 2.24) is 0 Å². The van der Waals surface area contributed by atoms with Gasteiger partial charge in [0.25, 0.3) is 0 Å². The summed E-state index contributed by atoms with van der Waals surface area (Å²) in [4.78, 5) is 0. The lowest BCUT2D eigenvalue weighted by molar-refractivity contribution is -0.511. The zero-order valence-electron chi connectivity index (χ0n) is 9.80. The Kier molecular flexibility index (Phi) is 1.31. The Labute approximate surface area is 102 Å². The third-order valence-electron chi connectivity index (χ3n) is 6.74. The van der Waals surface area contributed by atoms with E-state index in [2.05, 4.69) is 0 Å². The molecule has 18 heavy (non-hydrogen) atoms. The first-order chi connectivity index (χ1) is 8.45. The number of halogens is 4. The van der Waals surface area contributed by atoms with E-state index in [4.69, 9.17) is 0 Å². The van der Waals surface area contributed by atoms with Gasteiger partial charge in [-0.25, -0.2) is 17.6 Å². The zero-order chi connectivity index (χ0) is 12.6. The van der Waals surface area contributed by atoms with Gasteiger partial charge in [-0.3, -0.25) is 0 Å². The topological polar surface area (TPSA) is 0 Å². The van der Waals surface area contributed by atoms with Crippen molar-refractivity contribution < 1.29 is 17.6 Å². The fourth-order valence-electron chi connectivity index (χ4n) is 6.03. The van der Waals surface area contributed by atoms with Gasteiger partial charge < -0.3 is 0 Å². The molecule has 0 unspecified atom stereocenters. The smallest absolute Gasteiger partial charge is 0.192 e. The summed E-state index contributed by atoms with van der Waals surface area (Å²) in [6.45, 7) is 0. The predicted molar refractivity (Wildman–Crippen MR) is 56.9 cm³/mol. The van der Waals surface area contributed by atoms with Crippen molar-refractivity contribution in [2.24, 2.45) is 23.7 Å². The van der Waals surface area contributed by atoms with Gasteiger partial charge in [-0.2, -0.15) is 0 Å². The molecule has 5 aliphatic rings. The second-order valence-corrected chi connectivity index (χ2v) is 6.78. The lowest BCUT2D eigenvalue weighted by atomic mass is 9.18. The largest absolute Gasteiger partial charge is 0.236 e. The third-order valence-corrected chi connectivity index (χ3v) is 6.74. The van der Waals surface area contributed by atoms with Gasteiger partial charge in [0.2, 0.25) is 0 Å². The van der Waals surface area contributed by atoms with E-state index in [0.29, 0.717) is 12.8 Å². The highest BCUT2D eigenvalue weighted by atomic mass is 19.2. The third kappa shape index (κ3) is 0.512. The van der Waals surface area contributed by atoms with Crippen LogP contribution >= 0.6 is 0 Å². The molecular formula is C14H14F4. The van der Waals surface area contributed by atoms with Crippen molar-refractivity contribution in [3.8, 4) is 0 Å². The molecule has 5 aliphatic carbocycles. The van der Waals surface area contributed by atoms with Crippen LogP contribution in [0.3, 0.4) is 0 Å². The quantitative estimate of drug-likeness (QED) is 0.354. The average Bonchev–Trinajstić information content (AvgIpc) is 2.34. The van der Waals surface area contributed by atoms with Crippen LogP contribution in [0.1, 0.15) is 25.7 Å². The molecule has 5 rings (SSSR count). The Morgan fingerprint density at radius 3 is 1.39 bits per heavy atom. The summed E-state index contributed by atoms with van der Waals surface area (Å²) < 4.78 is 59.6. The Morgan fingerprint density at radius 2 is 1.06 bits per heavy atom. The maximum atomic E-state index is 15.0. The Balaban J connectivity index is 1.69. The molecule has 4 saturated carbocycles. The van der Waals surface area contributed by atoms with Crippen molar-refractivity contribution in [2.45, 2.75) is 48.4 Å². The van der Waals surface area contributed by atoms with E-state index < -0.39 is 46.3 Å². The highest BCUT2D eigenvalue weighted by molar-refractivity contribution is 5.60. The lowest BCUT2D eigenvalue weighted by Gasteiger charge is -2.88. The van der Waals surface area contributed by atoms with E-state index in [1.165, 1.54) is 12.2 Å². The van der Waals surface area contributed by atoms with Gasteiger partial charge >= 0.3 is 0 Å². The standard InChI is InChI=1S/C14H14F4/c15-11-7-3-1-2-4-8(7)12(11,16)14(18)10-6-5-9(10)13(11,14)17/h5-10H,1-4H2/t7-,8+,9-,10+,11-,12+,13+,14-. The number of rotatable bonds is 0. The zero-order valence-corrected chi connectivity index (χ0v) is 9.80. The van der Waals surface area contributed by atoms with Crippen LogP contribution in [0.5, 0.6) is 0 Å². The van der Waals surface area contributed by atoms with Gasteiger partial charge in [-0.05, 0) is 12.8 Å². The van der Waals surface area contributed by atoms with Crippen molar-refractivity contribution in [2.75, 3.05) is 0 Å². The molecule has 0 aliphatic heterocycles. The first-order valence-corrected chi connectivity index (χ1v) is 6.89. The van der Waals surface area contributed by atoms with Crippen LogP contribution in [-0.2, 0) is 0 Å². The van der Waals surface area contributed by atoms with Crippen LogP contribution in [0.2, 0.25) is 0 Å². The average molecular weight is 258 g/mol. The molecule has 0 radical (unpaired) electrons. The molecule has 0 heterocycles.